The van der Waals surface area contributed by atoms with Gasteiger partial charge < -0.3 is 4.74 Å². The molecule has 0 aromatic heterocycles. The molecule has 1 saturated carbocycles. The lowest BCUT2D eigenvalue weighted by Gasteiger charge is -2.25. The number of hydrogen-bond acceptors (Lipinski definition) is 1. The highest BCUT2D eigenvalue weighted by atomic mass is 19.1. The van der Waals surface area contributed by atoms with E-state index in [-0.39, 0.29) is 11.5 Å². The summed E-state index contributed by atoms with van der Waals surface area (Å²) in [5, 5.41) is 0. The second-order valence-electron chi connectivity index (χ2n) is 7.96. The maximum atomic E-state index is 14.6. The maximum Gasteiger partial charge on any atom is 0.142 e. The van der Waals surface area contributed by atoms with Gasteiger partial charge in [-0.05, 0) is 73.4 Å². The molecular formula is C26H30F2O. The molecule has 0 radical (unpaired) electrons. The van der Waals surface area contributed by atoms with Gasteiger partial charge in [0, 0.05) is 5.92 Å². The molecule has 0 bridgehead atoms. The molecule has 0 saturated heterocycles. The summed E-state index contributed by atoms with van der Waals surface area (Å²) in [6, 6.07) is 10.0. The van der Waals surface area contributed by atoms with Crippen molar-refractivity contribution < 1.29 is 13.5 Å². The van der Waals surface area contributed by atoms with Gasteiger partial charge in [-0.2, -0.15) is 0 Å². The highest BCUT2D eigenvalue weighted by Crippen LogP contribution is 2.31. The van der Waals surface area contributed by atoms with Gasteiger partial charge in [-0.3, -0.25) is 0 Å². The van der Waals surface area contributed by atoms with E-state index < -0.39 is 11.6 Å². The van der Waals surface area contributed by atoms with Crippen molar-refractivity contribution >= 4 is 0 Å². The molecule has 2 aromatic carbocycles. The Balaban J connectivity index is 1.70. The van der Waals surface area contributed by atoms with E-state index in [9.17, 15) is 8.78 Å². The van der Waals surface area contributed by atoms with Crippen molar-refractivity contribution in [2.75, 3.05) is 6.61 Å². The Kier molecular flexibility index (Phi) is 7.69. The predicted molar refractivity (Wildman–Crippen MR) is 115 cm³/mol. The Bertz CT molecular complexity index is 830. The average molecular weight is 397 g/mol. The van der Waals surface area contributed by atoms with Crippen LogP contribution in [-0.4, -0.2) is 6.61 Å². The van der Waals surface area contributed by atoms with Crippen LogP contribution in [-0.2, 0) is 0 Å². The molecule has 0 N–H and O–H groups in total. The molecule has 1 fully saturated rings. The summed E-state index contributed by atoms with van der Waals surface area (Å²) in [7, 11) is 0. The first-order chi connectivity index (χ1) is 14.1. The van der Waals surface area contributed by atoms with E-state index in [2.05, 4.69) is 18.8 Å². The largest absolute Gasteiger partial charge is 0.494 e. The molecule has 2 aromatic rings. The van der Waals surface area contributed by atoms with Gasteiger partial charge in [0.05, 0.1) is 12.2 Å². The third kappa shape index (κ3) is 5.82. The highest BCUT2D eigenvalue weighted by molar-refractivity contribution is 5.65. The fraction of sp³-hybridized carbons (Fsp3) is 0.462. The van der Waals surface area contributed by atoms with E-state index in [1.54, 1.807) is 0 Å². The molecule has 29 heavy (non-hydrogen) atoms. The summed E-state index contributed by atoms with van der Waals surface area (Å²) < 4.78 is 34.7. The van der Waals surface area contributed by atoms with Crippen molar-refractivity contribution in [2.24, 2.45) is 11.8 Å². The minimum absolute atomic E-state index is 0.118. The molecule has 0 spiro atoms. The van der Waals surface area contributed by atoms with Crippen LogP contribution in [0.3, 0.4) is 0 Å². The van der Waals surface area contributed by atoms with E-state index in [1.807, 2.05) is 31.2 Å². The van der Waals surface area contributed by atoms with Crippen LogP contribution in [0.4, 0.5) is 8.78 Å². The second-order valence-corrected chi connectivity index (χ2v) is 7.96. The summed E-state index contributed by atoms with van der Waals surface area (Å²) in [4.78, 5) is 0. The van der Waals surface area contributed by atoms with Gasteiger partial charge in [0.25, 0.3) is 0 Å². The lowest BCUT2D eigenvalue weighted by Crippen LogP contribution is -2.13. The second kappa shape index (κ2) is 10.4. The summed E-state index contributed by atoms with van der Waals surface area (Å²) in [6.07, 6.45) is 7.84. The minimum atomic E-state index is -0.599. The van der Waals surface area contributed by atoms with E-state index in [0.717, 1.165) is 36.5 Å². The highest BCUT2D eigenvalue weighted by Gasteiger charge is 2.19. The SMILES string of the molecule is CCCOc1ccc(-c2cc(F)c(C#CC3CCC(CCC)CC3)c(F)c2)cc1. The van der Waals surface area contributed by atoms with Crippen molar-refractivity contribution in [1.82, 2.24) is 0 Å². The molecule has 1 aliphatic rings. The first kappa shape index (κ1) is 21.4. The Hall–Kier alpha value is -2.34. The molecule has 0 atom stereocenters. The third-order valence-corrected chi connectivity index (χ3v) is 5.65. The van der Waals surface area contributed by atoms with E-state index >= 15 is 0 Å². The maximum absolute atomic E-state index is 14.6. The van der Waals surface area contributed by atoms with Crippen molar-refractivity contribution in [3.05, 3.63) is 53.6 Å². The molecule has 1 nitrogen and oxygen atoms in total. The van der Waals surface area contributed by atoms with Gasteiger partial charge in [0.15, 0.2) is 0 Å². The third-order valence-electron chi connectivity index (χ3n) is 5.65. The van der Waals surface area contributed by atoms with Crippen LogP contribution in [0.15, 0.2) is 36.4 Å². The monoisotopic (exact) mass is 396 g/mol. The quantitative estimate of drug-likeness (QED) is 0.463. The zero-order valence-electron chi connectivity index (χ0n) is 17.4. The normalized spacial score (nSPS) is 18.8. The first-order valence-corrected chi connectivity index (χ1v) is 10.8. The first-order valence-electron chi connectivity index (χ1n) is 10.8. The zero-order chi connectivity index (χ0) is 20.6. The van der Waals surface area contributed by atoms with Crippen molar-refractivity contribution in [3.8, 4) is 28.7 Å². The molecule has 0 aliphatic heterocycles. The van der Waals surface area contributed by atoms with Crippen LogP contribution in [0.5, 0.6) is 5.75 Å². The number of ether oxygens (including phenoxy) is 1. The van der Waals surface area contributed by atoms with Crippen molar-refractivity contribution in [2.45, 2.75) is 58.8 Å². The fourth-order valence-electron chi connectivity index (χ4n) is 4.00. The van der Waals surface area contributed by atoms with Crippen LogP contribution >= 0.6 is 0 Å². The molecule has 0 amide bonds. The van der Waals surface area contributed by atoms with E-state index in [0.29, 0.717) is 12.2 Å². The summed E-state index contributed by atoms with van der Waals surface area (Å²) >= 11 is 0. The van der Waals surface area contributed by atoms with Crippen LogP contribution in [0.25, 0.3) is 11.1 Å². The summed E-state index contributed by atoms with van der Waals surface area (Å²) in [6.45, 7) is 4.91. The van der Waals surface area contributed by atoms with Crippen LogP contribution in [0.1, 0.15) is 64.4 Å². The molecular weight excluding hydrogens is 366 g/mol. The summed E-state index contributed by atoms with van der Waals surface area (Å²) in [5.41, 5.74) is 1.14. The average Bonchev–Trinajstić information content (AvgIpc) is 2.73. The molecule has 0 heterocycles. The van der Waals surface area contributed by atoms with Crippen molar-refractivity contribution in [3.63, 3.8) is 0 Å². The van der Waals surface area contributed by atoms with Gasteiger partial charge in [0.1, 0.15) is 17.4 Å². The Morgan fingerprint density at radius 1 is 0.897 bits per heavy atom. The Morgan fingerprint density at radius 2 is 1.55 bits per heavy atom. The topological polar surface area (TPSA) is 9.23 Å². The zero-order valence-corrected chi connectivity index (χ0v) is 17.4. The smallest absolute Gasteiger partial charge is 0.142 e. The number of rotatable bonds is 6. The van der Waals surface area contributed by atoms with Crippen LogP contribution in [0, 0.1) is 35.3 Å². The lowest BCUT2D eigenvalue weighted by atomic mass is 9.80. The minimum Gasteiger partial charge on any atom is -0.494 e. The summed E-state index contributed by atoms with van der Waals surface area (Å²) in [5.74, 6) is 6.51. The molecule has 1 aliphatic carbocycles. The standard InChI is InChI=1S/C26H30F2O/c1-3-5-19-6-8-20(9-7-19)10-15-24-25(27)17-22(18-26(24)28)21-11-13-23(14-12-21)29-16-4-2/h11-14,17-20H,3-9,16H2,1-2H3. The predicted octanol–water partition coefficient (Wildman–Crippen LogP) is 7.38. The van der Waals surface area contributed by atoms with Gasteiger partial charge in [-0.25, -0.2) is 8.78 Å². The number of hydrogen-bond donors (Lipinski definition) is 0. The molecule has 154 valence electrons. The Labute approximate surface area is 173 Å². The molecule has 0 unspecified atom stereocenters. The van der Waals surface area contributed by atoms with Gasteiger partial charge in [0.2, 0.25) is 0 Å². The molecule has 3 rings (SSSR count). The molecule has 3 heteroatoms. The van der Waals surface area contributed by atoms with Gasteiger partial charge in [-0.1, -0.05) is 50.7 Å². The van der Waals surface area contributed by atoms with Gasteiger partial charge >= 0.3 is 0 Å². The number of benzene rings is 2. The fourth-order valence-corrected chi connectivity index (χ4v) is 4.00. The Morgan fingerprint density at radius 3 is 2.14 bits per heavy atom. The van der Waals surface area contributed by atoms with E-state index in [4.69, 9.17) is 4.74 Å². The lowest BCUT2D eigenvalue weighted by molar-refractivity contribution is 0.300. The van der Waals surface area contributed by atoms with E-state index in [1.165, 1.54) is 37.8 Å². The van der Waals surface area contributed by atoms with Gasteiger partial charge in [-0.15, -0.1) is 0 Å². The van der Waals surface area contributed by atoms with Crippen molar-refractivity contribution in [1.29, 1.82) is 0 Å². The van der Waals surface area contributed by atoms with Crippen LogP contribution < -0.4 is 4.74 Å². The number of halogens is 2. The van der Waals surface area contributed by atoms with Crippen LogP contribution in [0.2, 0.25) is 0 Å².